The fourth-order valence-corrected chi connectivity index (χ4v) is 2.47. The lowest BCUT2D eigenvalue weighted by molar-refractivity contribution is 0.839. The van der Waals surface area contributed by atoms with Crippen molar-refractivity contribution in [2.75, 3.05) is 5.73 Å². The van der Waals surface area contributed by atoms with E-state index in [-0.39, 0.29) is 0 Å². The molecule has 1 heterocycles. The Hall–Kier alpha value is -1.93. The molecule has 0 saturated carbocycles. The number of hydrogen-bond acceptors (Lipinski definition) is 1. The fourth-order valence-electron chi connectivity index (χ4n) is 2.19. The Labute approximate surface area is 111 Å². The number of anilines is 1. The van der Waals surface area contributed by atoms with Gasteiger partial charge in [-0.2, -0.15) is 0 Å². The van der Waals surface area contributed by atoms with Gasteiger partial charge in [-0.25, -0.2) is 0 Å². The molecule has 0 bridgehead atoms. The van der Waals surface area contributed by atoms with E-state index in [2.05, 4.69) is 10.6 Å². The van der Waals surface area contributed by atoms with Gasteiger partial charge in [-0.15, -0.1) is 0 Å². The third-order valence-electron chi connectivity index (χ3n) is 3.14. The number of nitrogen functional groups attached to an aromatic ring is 1. The molecule has 0 aliphatic carbocycles. The summed E-state index contributed by atoms with van der Waals surface area (Å²) in [6.07, 6.45) is 1.96. The van der Waals surface area contributed by atoms with Crippen LogP contribution in [-0.2, 0) is 6.54 Å². The summed E-state index contributed by atoms with van der Waals surface area (Å²) in [5, 5.41) is 1.86. The highest BCUT2D eigenvalue weighted by Crippen LogP contribution is 2.26. The molecule has 0 atom stereocenters. The van der Waals surface area contributed by atoms with Gasteiger partial charge in [0.2, 0.25) is 0 Å². The first-order valence-electron chi connectivity index (χ1n) is 5.82. The zero-order valence-corrected chi connectivity index (χ0v) is 10.6. The molecule has 0 amide bonds. The van der Waals surface area contributed by atoms with Crippen LogP contribution in [0, 0.1) is 0 Å². The molecule has 3 rings (SSSR count). The van der Waals surface area contributed by atoms with Crippen LogP contribution in [0.25, 0.3) is 10.9 Å². The third-order valence-corrected chi connectivity index (χ3v) is 3.44. The van der Waals surface area contributed by atoms with Gasteiger partial charge in [-0.1, -0.05) is 48.0 Å². The standard InChI is InChI=1S/C15H13ClN2/c16-13-10-18(15-8-4-2-6-12(13)15)9-11-5-1-3-7-14(11)17/h1-8,10H,9,17H2. The molecule has 0 fully saturated rings. The van der Waals surface area contributed by atoms with Crippen LogP contribution in [0.15, 0.2) is 54.7 Å². The molecule has 1 aromatic heterocycles. The number of aromatic nitrogens is 1. The lowest BCUT2D eigenvalue weighted by Crippen LogP contribution is -2.01. The van der Waals surface area contributed by atoms with E-state index in [0.717, 1.165) is 33.7 Å². The van der Waals surface area contributed by atoms with E-state index >= 15 is 0 Å². The van der Waals surface area contributed by atoms with E-state index in [4.69, 9.17) is 17.3 Å². The Morgan fingerprint density at radius 3 is 2.56 bits per heavy atom. The first-order valence-corrected chi connectivity index (χ1v) is 6.20. The van der Waals surface area contributed by atoms with Crippen molar-refractivity contribution in [1.82, 2.24) is 4.57 Å². The summed E-state index contributed by atoms with van der Waals surface area (Å²) < 4.78 is 2.13. The Kier molecular flexibility index (Phi) is 2.73. The number of para-hydroxylation sites is 2. The van der Waals surface area contributed by atoms with Crippen LogP contribution in [0.3, 0.4) is 0 Å². The Morgan fingerprint density at radius 1 is 1.00 bits per heavy atom. The third kappa shape index (κ3) is 1.85. The van der Waals surface area contributed by atoms with E-state index in [1.54, 1.807) is 0 Å². The van der Waals surface area contributed by atoms with Crippen molar-refractivity contribution in [3.8, 4) is 0 Å². The maximum Gasteiger partial charge on any atom is 0.0661 e. The molecule has 0 unspecified atom stereocenters. The lowest BCUT2D eigenvalue weighted by atomic mass is 10.2. The zero-order chi connectivity index (χ0) is 12.5. The molecule has 18 heavy (non-hydrogen) atoms. The first-order chi connectivity index (χ1) is 8.75. The summed E-state index contributed by atoms with van der Waals surface area (Å²) in [6.45, 7) is 0.736. The minimum atomic E-state index is 0.736. The monoisotopic (exact) mass is 256 g/mol. The van der Waals surface area contributed by atoms with Gasteiger partial charge in [0.1, 0.15) is 0 Å². The molecular weight excluding hydrogens is 244 g/mol. The van der Waals surface area contributed by atoms with Crippen molar-refractivity contribution < 1.29 is 0 Å². The highest BCUT2D eigenvalue weighted by atomic mass is 35.5. The van der Waals surface area contributed by atoms with Crippen LogP contribution in [0.1, 0.15) is 5.56 Å². The smallest absolute Gasteiger partial charge is 0.0661 e. The van der Waals surface area contributed by atoms with Gasteiger partial charge in [0, 0.05) is 29.3 Å². The predicted octanol–water partition coefficient (Wildman–Crippen LogP) is 3.93. The minimum absolute atomic E-state index is 0.736. The molecule has 0 radical (unpaired) electrons. The van der Waals surface area contributed by atoms with Crippen LogP contribution in [0.4, 0.5) is 5.69 Å². The molecule has 0 aliphatic heterocycles. The van der Waals surface area contributed by atoms with Gasteiger partial charge in [0.05, 0.1) is 5.02 Å². The van der Waals surface area contributed by atoms with Crippen LogP contribution in [-0.4, -0.2) is 4.57 Å². The summed E-state index contributed by atoms with van der Waals surface area (Å²) in [5.74, 6) is 0. The van der Waals surface area contributed by atoms with E-state index in [1.807, 2.05) is 48.7 Å². The molecule has 0 aliphatic rings. The predicted molar refractivity (Wildman–Crippen MR) is 76.9 cm³/mol. The number of benzene rings is 2. The molecule has 3 aromatic rings. The summed E-state index contributed by atoms with van der Waals surface area (Å²) in [6, 6.07) is 16.0. The maximum atomic E-state index is 6.23. The number of nitrogens with zero attached hydrogens (tertiary/aromatic N) is 1. The van der Waals surface area contributed by atoms with E-state index in [0.29, 0.717) is 0 Å². The first kappa shape index (κ1) is 11.2. The summed E-state index contributed by atoms with van der Waals surface area (Å²) in [4.78, 5) is 0. The largest absolute Gasteiger partial charge is 0.398 e. The van der Waals surface area contributed by atoms with Crippen LogP contribution >= 0.6 is 11.6 Å². The van der Waals surface area contributed by atoms with Gasteiger partial charge < -0.3 is 10.3 Å². The molecule has 0 spiro atoms. The average Bonchev–Trinajstić information content (AvgIpc) is 2.70. The molecule has 2 aromatic carbocycles. The molecule has 3 heteroatoms. The molecule has 90 valence electrons. The normalized spacial score (nSPS) is 10.9. The van der Waals surface area contributed by atoms with Crippen LogP contribution in [0.2, 0.25) is 5.02 Å². The summed E-state index contributed by atoms with van der Waals surface area (Å²) in [7, 11) is 0. The molecule has 2 N–H and O–H groups in total. The number of halogens is 1. The second kappa shape index (κ2) is 4.39. The van der Waals surface area contributed by atoms with Gasteiger partial charge >= 0.3 is 0 Å². The second-order valence-electron chi connectivity index (χ2n) is 4.32. The number of hydrogen-bond donors (Lipinski definition) is 1. The molecule has 2 nitrogen and oxygen atoms in total. The molecule has 0 saturated heterocycles. The van der Waals surface area contributed by atoms with Crippen molar-refractivity contribution in [1.29, 1.82) is 0 Å². The van der Waals surface area contributed by atoms with Crippen molar-refractivity contribution in [2.45, 2.75) is 6.54 Å². The lowest BCUT2D eigenvalue weighted by Gasteiger charge is -2.08. The van der Waals surface area contributed by atoms with Crippen molar-refractivity contribution in [2.24, 2.45) is 0 Å². The Morgan fingerprint density at radius 2 is 1.72 bits per heavy atom. The van der Waals surface area contributed by atoms with Crippen molar-refractivity contribution in [3.05, 3.63) is 65.3 Å². The Balaban J connectivity index is 2.08. The quantitative estimate of drug-likeness (QED) is 0.692. The topological polar surface area (TPSA) is 30.9 Å². The van der Waals surface area contributed by atoms with E-state index < -0.39 is 0 Å². The minimum Gasteiger partial charge on any atom is -0.398 e. The van der Waals surface area contributed by atoms with E-state index in [1.165, 1.54) is 0 Å². The number of fused-ring (bicyclic) bond motifs is 1. The highest BCUT2D eigenvalue weighted by molar-refractivity contribution is 6.35. The summed E-state index contributed by atoms with van der Waals surface area (Å²) in [5.41, 5.74) is 9.02. The van der Waals surface area contributed by atoms with Gasteiger partial charge in [-0.3, -0.25) is 0 Å². The van der Waals surface area contributed by atoms with Crippen LogP contribution in [0.5, 0.6) is 0 Å². The second-order valence-corrected chi connectivity index (χ2v) is 4.73. The highest BCUT2D eigenvalue weighted by Gasteiger charge is 2.07. The van der Waals surface area contributed by atoms with Crippen LogP contribution < -0.4 is 5.73 Å². The van der Waals surface area contributed by atoms with Gasteiger partial charge in [-0.05, 0) is 17.7 Å². The zero-order valence-electron chi connectivity index (χ0n) is 9.81. The van der Waals surface area contributed by atoms with Crippen molar-refractivity contribution >= 4 is 28.2 Å². The van der Waals surface area contributed by atoms with Gasteiger partial charge in [0.25, 0.3) is 0 Å². The SMILES string of the molecule is Nc1ccccc1Cn1cc(Cl)c2ccccc21. The summed E-state index contributed by atoms with van der Waals surface area (Å²) >= 11 is 6.23. The van der Waals surface area contributed by atoms with Crippen molar-refractivity contribution in [3.63, 3.8) is 0 Å². The van der Waals surface area contributed by atoms with E-state index in [9.17, 15) is 0 Å². The fraction of sp³-hybridized carbons (Fsp3) is 0.0667. The number of rotatable bonds is 2. The number of nitrogens with two attached hydrogens (primary N) is 1. The average molecular weight is 257 g/mol. The Bertz CT molecular complexity index is 701. The van der Waals surface area contributed by atoms with Gasteiger partial charge in [0.15, 0.2) is 0 Å². The molecular formula is C15H13ClN2. The maximum absolute atomic E-state index is 6.23.